The molecular formula is C21H23NO. The molecule has 2 aliphatic carbocycles. The molecule has 0 N–H and O–H groups in total. The fraction of sp³-hybridized carbons (Fsp3) is 0.381. The molecule has 4 rings (SSSR count). The Bertz CT molecular complexity index is 655. The van der Waals surface area contributed by atoms with Gasteiger partial charge in [-0.3, -0.25) is 4.79 Å². The van der Waals surface area contributed by atoms with Crippen LogP contribution in [0.25, 0.3) is 0 Å². The van der Waals surface area contributed by atoms with Gasteiger partial charge in [0.25, 0.3) is 0 Å². The van der Waals surface area contributed by atoms with Crippen molar-refractivity contribution in [3.05, 3.63) is 65.7 Å². The smallest absolute Gasteiger partial charge is 0.193 e. The van der Waals surface area contributed by atoms with Crippen LogP contribution in [0.5, 0.6) is 0 Å². The Morgan fingerprint density at radius 2 is 1.26 bits per heavy atom. The van der Waals surface area contributed by atoms with E-state index in [1.807, 2.05) is 42.5 Å². The van der Waals surface area contributed by atoms with E-state index in [9.17, 15) is 4.79 Å². The predicted molar refractivity (Wildman–Crippen MR) is 94.1 cm³/mol. The van der Waals surface area contributed by atoms with E-state index in [4.69, 9.17) is 0 Å². The lowest BCUT2D eigenvalue weighted by molar-refractivity contribution is 0.103. The molecule has 2 heteroatoms. The predicted octanol–water partition coefficient (Wildman–Crippen LogP) is 4.83. The minimum atomic E-state index is 0.107. The van der Waals surface area contributed by atoms with Crippen LogP contribution in [-0.2, 0) is 0 Å². The van der Waals surface area contributed by atoms with Gasteiger partial charge in [0.15, 0.2) is 5.78 Å². The summed E-state index contributed by atoms with van der Waals surface area (Å²) in [5, 5.41) is 0. The standard InChI is InChI=1S/C21H23NO/c23-21(16-6-2-1-3-7-16)17-12-14-20(15-13-17)22(18-8-4-9-18)19-10-5-11-19/h1-3,6-7,12-15,18-19H,4-5,8-11H2. The van der Waals surface area contributed by atoms with Crippen LogP contribution in [0.2, 0.25) is 0 Å². The third-order valence-electron chi connectivity index (χ3n) is 5.40. The summed E-state index contributed by atoms with van der Waals surface area (Å²) in [5.74, 6) is 0.107. The molecule has 2 aromatic carbocycles. The molecule has 0 radical (unpaired) electrons. The summed E-state index contributed by atoms with van der Waals surface area (Å²) in [6.45, 7) is 0. The van der Waals surface area contributed by atoms with Gasteiger partial charge < -0.3 is 4.90 Å². The molecule has 0 heterocycles. The lowest BCUT2D eigenvalue weighted by Crippen LogP contribution is -2.49. The fourth-order valence-corrected chi connectivity index (χ4v) is 3.59. The van der Waals surface area contributed by atoms with E-state index in [0.717, 1.165) is 23.2 Å². The van der Waals surface area contributed by atoms with Gasteiger partial charge in [0.05, 0.1) is 0 Å². The zero-order valence-corrected chi connectivity index (χ0v) is 13.4. The van der Waals surface area contributed by atoms with Crippen molar-refractivity contribution < 1.29 is 4.79 Å². The first-order valence-electron chi connectivity index (χ1n) is 8.81. The number of nitrogens with zero attached hydrogens (tertiary/aromatic N) is 1. The maximum atomic E-state index is 12.5. The topological polar surface area (TPSA) is 20.3 Å². The highest BCUT2D eigenvalue weighted by Crippen LogP contribution is 2.37. The van der Waals surface area contributed by atoms with E-state index in [-0.39, 0.29) is 5.78 Å². The largest absolute Gasteiger partial charge is 0.366 e. The molecule has 2 nitrogen and oxygen atoms in total. The number of anilines is 1. The van der Waals surface area contributed by atoms with Crippen LogP contribution in [0.1, 0.15) is 54.4 Å². The van der Waals surface area contributed by atoms with E-state index < -0.39 is 0 Å². The summed E-state index contributed by atoms with van der Waals surface area (Å²) in [5.41, 5.74) is 2.83. The summed E-state index contributed by atoms with van der Waals surface area (Å²) < 4.78 is 0. The van der Waals surface area contributed by atoms with Crippen molar-refractivity contribution in [1.82, 2.24) is 0 Å². The third-order valence-corrected chi connectivity index (χ3v) is 5.40. The van der Waals surface area contributed by atoms with Gasteiger partial charge in [-0.05, 0) is 62.8 Å². The molecule has 23 heavy (non-hydrogen) atoms. The van der Waals surface area contributed by atoms with Crippen LogP contribution < -0.4 is 4.90 Å². The lowest BCUT2D eigenvalue weighted by atomic mass is 9.84. The monoisotopic (exact) mass is 305 g/mol. The van der Waals surface area contributed by atoms with Crippen LogP contribution in [0.3, 0.4) is 0 Å². The zero-order valence-electron chi connectivity index (χ0n) is 13.4. The molecule has 0 unspecified atom stereocenters. The van der Waals surface area contributed by atoms with E-state index in [1.165, 1.54) is 44.2 Å². The highest BCUT2D eigenvalue weighted by Gasteiger charge is 2.33. The van der Waals surface area contributed by atoms with Crippen molar-refractivity contribution in [3.8, 4) is 0 Å². The number of rotatable bonds is 5. The lowest BCUT2D eigenvalue weighted by Gasteiger charge is -2.47. The first kappa shape index (κ1) is 14.5. The van der Waals surface area contributed by atoms with Gasteiger partial charge in [-0.15, -0.1) is 0 Å². The van der Waals surface area contributed by atoms with E-state index in [1.54, 1.807) is 0 Å². The molecule has 2 fully saturated rings. The van der Waals surface area contributed by atoms with Gasteiger partial charge in [-0.1, -0.05) is 30.3 Å². The summed E-state index contributed by atoms with van der Waals surface area (Å²) in [4.78, 5) is 15.1. The third kappa shape index (κ3) is 2.78. The minimum Gasteiger partial charge on any atom is -0.366 e. The van der Waals surface area contributed by atoms with Gasteiger partial charge in [-0.25, -0.2) is 0 Å². The number of carbonyl (C=O) groups excluding carboxylic acids is 1. The van der Waals surface area contributed by atoms with Gasteiger partial charge >= 0.3 is 0 Å². The minimum absolute atomic E-state index is 0.107. The number of hydrogen-bond donors (Lipinski definition) is 0. The Hall–Kier alpha value is -2.09. The van der Waals surface area contributed by atoms with Crippen molar-refractivity contribution in [3.63, 3.8) is 0 Å². The van der Waals surface area contributed by atoms with Gasteiger partial charge in [0.2, 0.25) is 0 Å². The Morgan fingerprint density at radius 3 is 1.74 bits per heavy atom. The molecule has 118 valence electrons. The maximum Gasteiger partial charge on any atom is 0.193 e. The van der Waals surface area contributed by atoms with Crippen LogP contribution in [0, 0.1) is 0 Å². The van der Waals surface area contributed by atoms with Gasteiger partial charge in [-0.2, -0.15) is 0 Å². The summed E-state index contributed by atoms with van der Waals surface area (Å²) >= 11 is 0. The molecule has 0 aromatic heterocycles. The molecule has 2 saturated carbocycles. The second-order valence-electron chi connectivity index (χ2n) is 6.82. The molecule has 0 bridgehead atoms. The van der Waals surface area contributed by atoms with Crippen LogP contribution in [0.4, 0.5) is 5.69 Å². The molecule has 0 spiro atoms. The van der Waals surface area contributed by atoms with E-state index in [0.29, 0.717) is 0 Å². The SMILES string of the molecule is O=C(c1ccccc1)c1ccc(N(C2CCC2)C2CCC2)cc1. The van der Waals surface area contributed by atoms with Gasteiger partial charge in [0, 0.05) is 28.9 Å². The second-order valence-corrected chi connectivity index (χ2v) is 6.82. The average molecular weight is 305 g/mol. The van der Waals surface area contributed by atoms with Crippen molar-refractivity contribution in [2.45, 2.75) is 50.6 Å². The van der Waals surface area contributed by atoms with Crippen molar-refractivity contribution in [2.75, 3.05) is 4.90 Å². The van der Waals surface area contributed by atoms with Crippen LogP contribution >= 0.6 is 0 Å². The van der Waals surface area contributed by atoms with E-state index >= 15 is 0 Å². The van der Waals surface area contributed by atoms with Crippen molar-refractivity contribution >= 4 is 11.5 Å². The highest BCUT2D eigenvalue weighted by molar-refractivity contribution is 6.09. The molecule has 0 atom stereocenters. The first-order valence-corrected chi connectivity index (χ1v) is 8.81. The summed E-state index contributed by atoms with van der Waals surface area (Å²) in [6.07, 6.45) is 8.00. The van der Waals surface area contributed by atoms with Crippen molar-refractivity contribution in [2.24, 2.45) is 0 Å². The van der Waals surface area contributed by atoms with Crippen LogP contribution in [0.15, 0.2) is 54.6 Å². The Kier molecular flexibility index (Phi) is 3.90. The van der Waals surface area contributed by atoms with Gasteiger partial charge in [0.1, 0.15) is 0 Å². The molecule has 0 saturated heterocycles. The maximum absolute atomic E-state index is 12.5. The van der Waals surface area contributed by atoms with Crippen molar-refractivity contribution in [1.29, 1.82) is 0 Å². The highest BCUT2D eigenvalue weighted by atomic mass is 16.1. The summed E-state index contributed by atoms with van der Waals surface area (Å²) in [7, 11) is 0. The number of ketones is 1. The quantitative estimate of drug-likeness (QED) is 0.737. The Balaban J connectivity index is 1.56. The Morgan fingerprint density at radius 1 is 0.739 bits per heavy atom. The number of carbonyl (C=O) groups is 1. The fourth-order valence-electron chi connectivity index (χ4n) is 3.59. The molecule has 2 aliphatic rings. The second kappa shape index (κ2) is 6.19. The molecule has 0 amide bonds. The molecule has 2 aromatic rings. The molecular weight excluding hydrogens is 282 g/mol. The van der Waals surface area contributed by atoms with Crippen LogP contribution in [-0.4, -0.2) is 17.9 Å². The first-order chi connectivity index (χ1) is 11.3. The average Bonchev–Trinajstić information content (AvgIpc) is 2.51. The Labute approximate surface area is 138 Å². The normalized spacial score (nSPS) is 18.1. The number of benzene rings is 2. The zero-order chi connectivity index (χ0) is 15.6. The summed E-state index contributed by atoms with van der Waals surface area (Å²) in [6, 6.07) is 19.2. The van der Waals surface area contributed by atoms with E-state index in [2.05, 4.69) is 17.0 Å². The molecule has 0 aliphatic heterocycles. The number of hydrogen-bond acceptors (Lipinski definition) is 2.